The second-order valence-electron chi connectivity index (χ2n) is 5.22. The van der Waals surface area contributed by atoms with E-state index < -0.39 is 0 Å². The molecule has 3 rings (SSSR count). The molecule has 0 saturated heterocycles. The van der Waals surface area contributed by atoms with E-state index in [1.165, 1.54) is 6.08 Å². The number of halogens is 1. The summed E-state index contributed by atoms with van der Waals surface area (Å²) in [7, 11) is 0. The minimum absolute atomic E-state index is 0.203. The summed E-state index contributed by atoms with van der Waals surface area (Å²) < 4.78 is 8.46. The molecule has 0 aliphatic rings. The average Bonchev–Trinajstić information content (AvgIpc) is 3.06. The number of aryl methyl sites for hydroxylation is 1. The molecule has 0 unspecified atom stereocenters. The molecular weight excluding hydrogens is 376 g/mol. The normalized spacial score (nSPS) is 11.0. The summed E-state index contributed by atoms with van der Waals surface area (Å²) in [6.45, 7) is 1.94. The third kappa shape index (κ3) is 4.39. The standard InChI is InChI=1S/C17H13ClN4OS2/c1-10-2-8-13-16(22-25-21-13)15(10)20-17(24)19-14(23)9-5-11-3-6-12(18)7-4-11/h2-9H,1H3,(H2,19,20,23,24)/b9-5+. The van der Waals surface area contributed by atoms with Gasteiger partial charge in [0.2, 0.25) is 5.91 Å². The molecule has 1 aromatic heterocycles. The molecule has 126 valence electrons. The number of carbonyl (C=O) groups is 1. The van der Waals surface area contributed by atoms with Crippen molar-refractivity contribution in [2.45, 2.75) is 6.92 Å². The Hall–Kier alpha value is -2.35. The number of benzene rings is 2. The van der Waals surface area contributed by atoms with Crippen molar-refractivity contribution < 1.29 is 4.79 Å². The zero-order chi connectivity index (χ0) is 17.8. The molecular formula is C17H13ClN4OS2. The number of rotatable bonds is 3. The molecule has 0 aliphatic heterocycles. The Morgan fingerprint density at radius 3 is 2.72 bits per heavy atom. The Kier molecular flexibility index (Phi) is 5.37. The maximum Gasteiger partial charge on any atom is 0.250 e. The fraction of sp³-hybridized carbons (Fsp3) is 0.0588. The molecule has 1 amide bonds. The Balaban J connectivity index is 1.65. The van der Waals surface area contributed by atoms with Crippen LogP contribution >= 0.6 is 35.5 Å². The summed E-state index contributed by atoms with van der Waals surface area (Å²) in [6, 6.07) is 11.0. The van der Waals surface area contributed by atoms with E-state index in [9.17, 15) is 4.79 Å². The SMILES string of the molecule is Cc1ccc2nsnc2c1NC(=S)NC(=O)/C=C/c1ccc(Cl)cc1. The van der Waals surface area contributed by atoms with Gasteiger partial charge in [-0.05, 0) is 54.5 Å². The minimum atomic E-state index is -0.325. The highest BCUT2D eigenvalue weighted by Gasteiger charge is 2.10. The lowest BCUT2D eigenvalue weighted by atomic mass is 10.1. The van der Waals surface area contributed by atoms with Crippen molar-refractivity contribution >= 4 is 69.4 Å². The Bertz CT molecular complexity index is 966. The molecule has 3 aromatic rings. The van der Waals surface area contributed by atoms with Crippen molar-refractivity contribution in [3.63, 3.8) is 0 Å². The van der Waals surface area contributed by atoms with Gasteiger partial charge in [0.1, 0.15) is 11.0 Å². The van der Waals surface area contributed by atoms with E-state index in [0.29, 0.717) is 5.02 Å². The van der Waals surface area contributed by atoms with Crippen molar-refractivity contribution in [2.24, 2.45) is 0 Å². The quantitative estimate of drug-likeness (QED) is 0.520. The van der Waals surface area contributed by atoms with Gasteiger partial charge in [-0.2, -0.15) is 8.75 Å². The van der Waals surface area contributed by atoms with Crippen LogP contribution in [0.3, 0.4) is 0 Å². The van der Waals surface area contributed by atoms with Crippen LogP contribution < -0.4 is 10.6 Å². The summed E-state index contributed by atoms with van der Waals surface area (Å²) >= 11 is 12.2. The van der Waals surface area contributed by atoms with Gasteiger partial charge in [-0.25, -0.2) is 0 Å². The van der Waals surface area contributed by atoms with Crippen LogP contribution in [0.25, 0.3) is 17.1 Å². The smallest absolute Gasteiger partial charge is 0.250 e. The number of anilines is 1. The summed E-state index contributed by atoms with van der Waals surface area (Å²) in [5.74, 6) is -0.325. The van der Waals surface area contributed by atoms with E-state index in [2.05, 4.69) is 19.4 Å². The van der Waals surface area contributed by atoms with Gasteiger partial charge in [0.15, 0.2) is 5.11 Å². The third-order valence-corrected chi connectivity index (χ3v) is 4.41. The summed E-state index contributed by atoms with van der Waals surface area (Å²) in [5.41, 5.74) is 4.10. The van der Waals surface area contributed by atoms with Gasteiger partial charge in [0.05, 0.1) is 17.4 Å². The predicted molar refractivity (Wildman–Crippen MR) is 107 cm³/mol. The van der Waals surface area contributed by atoms with Crippen molar-refractivity contribution in [3.05, 3.63) is 58.6 Å². The number of carbonyl (C=O) groups excluding carboxylic acids is 1. The van der Waals surface area contributed by atoms with E-state index in [1.54, 1.807) is 18.2 Å². The van der Waals surface area contributed by atoms with Crippen LogP contribution in [0.4, 0.5) is 5.69 Å². The average molecular weight is 389 g/mol. The first-order valence-corrected chi connectivity index (χ1v) is 8.82. The molecule has 0 bridgehead atoms. The maximum absolute atomic E-state index is 12.0. The van der Waals surface area contributed by atoms with Gasteiger partial charge in [-0.1, -0.05) is 29.8 Å². The topological polar surface area (TPSA) is 66.9 Å². The number of hydrogen-bond acceptors (Lipinski definition) is 5. The highest BCUT2D eigenvalue weighted by Crippen LogP contribution is 2.25. The van der Waals surface area contributed by atoms with Crippen LogP contribution in [-0.2, 0) is 4.79 Å². The Morgan fingerprint density at radius 1 is 1.20 bits per heavy atom. The van der Waals surface area contributed by atoms with Crippen LogP contribution in [0.15, 0.2) is 42.5 Å². The van der Waals surface area contributed by atoms with Gasteiger partial charge in [-0.15, -0.1) is 0 Å². The van der Waals surface area contributed by atoms with E-state index in [-0.39, 0.29) is 11.0 Å². The second kappa shape index (κ2) is 7.69. The van der Waals surface area contributed by atoms with Gasteiger partial charge < -0.3 is 5.32 Å². The van der Waals surface area contributed by atoms with E-state index in [4.69, 9.17) is 23.8 Å². The van der Waals surface area contributed by atoms with Crippen LogP contribution in [0.5, 0.6) is 0 Å². The molecule has 0 spiro atoms. The molecule has 0 fully saturated rings. The number of nitrogens with one attached hydrogen (secondary N) is 2. The van der Waals surface area contributed by atoms with Gasteiger partial charge in [0.25, 0.3) is 0 Å². The molecule has 0 radical (unpaired) electrons. The lowest BCUT2D eigenvalue weighted by Gasteiger charge is -2.11. The first kappa shape index (κ1) is 17.5. The monoisotopic (exact) mass is 388 g/mol. The first-order valence-electron chi connectivity index (χ1n) is 7.30. The van der Waals surface area contributed by atoms with Crippen LogP contribution in [0, 0.1) is 6.92 Å². The molecule has 1 heterocycles. The highest BCUT2D eigenvalue weighted by atomic mass is 35.5. The maximum atomic E-state index is 12.0. The molecule has 0 saturated carbocycles. The number of hydrogen-bond donors (Lipinski definition) is 2. The lowest BCUT2D eigenvalue weighted by Crippen LogP contribution is -2.33. The van der Waals surface area contributed by atoms with Crippen molar-refractivity contribution in [1.29, 1.82) is 0 Å². The number of nitrogens with zero attached hydrogens (tertiary/aromatic N) is 2. The zero-order valence-corrected chi connectivity index (χ0v) is 15.5. The zero-order valence-electron chi connectivity index (χ0n) is 13.1. The second-order valence-corrected chi connectivity index (χ2v) is 6.59. The van der Waals surface area contributed by atoms with Crippen molar-refractivity contribution in [2.75, 3.05) is 5.32 Å². The number of aromatic nitrogens is 2. The molecule has 25 heavy (non-hydrogen) atoms. The summed E-state index contributed by atoms with van der Waals surface area (Å²) in [4.78, 5) is 12.0. The molecule has 5 nitrogen and oxygen atoms in total. The molecule has 0 aliphatic carbocycles. The van der Waals surface area contributed by atoms with Crippen molar-refractivity contribution in [1.82, 2.24) is 14.1 Å². The molecule has 2 aromatic carbocycles. The van der Waals surface area contributed by atoms with Crippen molar-refractivity contribution in [3.8, 4) is 0 Å². The van der Waals surface area contributed by atoms with Crippen LogP contribution in [0.2, 0.25) is 5.02 Å². The van der Waals surface area contributed by atoms with E-state index in [0.717, 1.165) is 39.6 Å². The van der Waals surface area contributed by atoms with Gasteiger partial charge >= 0.3 is 0 Å². The number of amides is 1. The summed E-state index contributed by atoms with van der Waals surface area (Å²) in [5, 5.41) is 6.50. The minimum Gasteiger partial charge on any atom is -0.330 e. The fourth-order valence-corrected chi connectivity index (χ4v) is 3.03. The predicted octanol–water partition coefficient (Wildman–Crippen LogP) is 4.18. The highest BCUT2D eigenvalue weighted by molar-refractivity contribution is 7.80. The Labute approximate surface area is 159 Å². The number of thiocarbonyl (C=S) groups is 1. The Morgan fingerprint density at radius 2 is 1.96 bits per heavy atom. The third-order valence-electron chi connectivity index (χ3n) is 3.41. The first-order chi connectivity index (χ1) is 12.0. The summed E-state index contributed by atoms with van der Waals surface area (Å²) in [6.07, 6.45) is 3.10. The molecule has 2 N–H and O–H groups in total. The lowest BCUT2D eigenvalue weighted by molar-refractivity contribution is -0.115. The molecule has 8 heteroatoms. The van der Waals surface area contributed by atoms with Crippen LogP contribution in [-0.4, -0.2) is 19.8 Å². The van der Waals surface area contributed by atoms with E-state index in [1.807, 2.05) is 31.2 Å². The fourth-order valence-electron chi connectivity index (χ4n) is 2.15. The van der Waals surface area contributed by atoms with Crippen LogP contribution in [0.1, 0.15) is 11.1 Å². The largest absolute Gasteiger partial charge is 0.330 e. The van der Waals surface area contributed by atoms with Gasteiger partial charge in [0, 0.05) is 11.1 Å². The van der Waals surface area contributed by atoms with E-state index >= 15 is 0 Å². The molecule has 0 atom stereocenters. The van der Waals surface area contributed by atoms with Gasteiger partial charge in [-0.3, -0.25) is 10.1 Å². The number of fused-ring (bicyclic) bond motifs is 1.